The number of carbonyl (C=O) groups excluding carboxylic acids is 1. The molecule has 0 saturated heterocycles. The molecule has 0 unspecified atom stereocenters. The molecule has 0 fully saturated rings. The predicted molar refractivity (Wildman–Crippen MR) is 64.7 cm³/mol. The Labute approximate surface area is 93.3 Å². The van der Waals surface area contributed by atoms with Gasteiger partial charge in [-0.25, -0.2) is 0 Å². The quantitative estimate of drug-likeness (QED) is 0.494. The molecular weight excluding hydrogens is 184 g/mol. The maximum Gasteiger partial charge on any atom is 0.155 e. The minimum atomic E-state index is 0.184. The van der Waals surface area contributed by atoms with Gasteiger partial charge in [-0.3, -0.25) is 4.79 Å². The van der Waals surface area contributed by atoms with Crippen LogP contribution in [0.1, 0.15) is 47.5 Å². The van der Waals surface area contributed by atoms with Crippen LogP contribution in [0.25, 0.3) is 0 Å². The van der Waals surface area contributed by atoms with Crippen molar-refractivity contribution in [2.45, 2.75) is 47.5 Å². The Kier molecular flexibility index (Phi) is 3.54. The second-order valence-corrected chi connectivity index (χ2v) is 5.36. The third kappa shape index (κ3) is 2.80. The first kappa shape index (κ1) is 12.2. The highest BCUT2D eigenvalue weighted by Gasteiger charge is 2.31. The van der Waals surface area contributed by atoms with Gasteiger partial charge in [-0.2, -0.15) is 0 Å². The summed E-state index contributed by atoms with van der Waals surface area (Å²) in [7, 11) is 0. The smallest absolute Gasteiger partial charge is 0.155 e. The highest BCUT2D eigenvalue weighted by atomic mass is 16.1. The largest absolute Gasteiger partial charge is 0.295 e. The molecule has 0 N–H and O–H groups in total. The molecule has 1 aliphatic carbocycles. The van der Waals surface area contributed by atoms with Crippen molar-refractivity contribution in [1.82, 2.24) is 0 Å². The number of allylic oxidation sites excluding steroid dienone is 4. The summed E-state index contributed by atoms with van der Waals surface area (Å²) in [6.45, 7) is 10.3. The molecule has 0 spiro atoms. The van der Waals surface area contributed by atoms with E-state index in [1.807, 2.05) is 6.92 Å². The Hall–Kier alpha value is -0.850. The topological polar surface area (TPSA) is 17.1 Å². The molecule has 0 amide bonds. The van der Waals surface area contributed by atoms with Crippen molar-refractivity contribution in [1.29, 1.82) is 0 Å². The summed E-state index contributed by atoms with van der Waals surface area (Å²) in [5.41, 5.74) is 2.59. The van der Waals surface area contributed by atoms with Gasteiger partial charge in [0, 0.05) is 5.92 Å². The van der Waals surface area contributed by atoms with Crippen molar-refractivity contribution in [3.05, 3.63) is 23.3 Å². The van der Waals surface area contributed by atoms with Crippen LogP contribution < -0.4 is 0 Å². The maximum atomic E-state index is 11.2. The second-order valence-electron chi connectivity index (χ2n) is 5.36. The molecule has 1 rings (SSSR count). The minimum absolute atomic E-state index is 0.184. The third-order valence-corrected chi connectivity index (χ3v) is 3.56. The molecule has 1 aliphatic rings. The van der Waals surface area contributed by atoms with Gasteiger partial charge in [-0.1, -0.05) is 31.6 Å². The number of carbonyl (C=O) groups is 1. The zero-order valence-corrected chi connectivity index (χ0v) is 10.6. The molecule has 1 heteroatoms. The lowest BCUT2D eigenvalue weighted by atomic mass is 9.68. The first-order valence-corrected chi connectivity index (χ1v) is 5.70. The van der Waals surface area contributed by atoms with Crippen LogP contribution in [-0.4, -0.2) is 5.78 Å². The molecule has 0 saturated carbocycles. The number of hydrogen-bond acceptors (Lipinski definition) is 1. The van der Waals surface area contributed by atoms with Crippen molar-refractivity contribution in [2.24, 2.45) is 11.3 Å². The van der Waals surface area contributed by atoms with E-state index in [1.165, 1.54) is 18.4 Å². The Morgan fingerprint density at radius 1 is 1.47 bits per heavy atom. The lowest BCUT2D eigenvalue weighted by Gasteiger charge is -2.37. The van der Waals surface area contributed by atoms with Gasteiger partial charge in [0.2, 0.25) is 0 Å². The molecule has 15 heavy (non-hydrogen) atoms. The van der Waals surface area contributed by atoms with Crippen LogP contribution in [0.15, 0.2) is 23.3 Å². The SMILES string of the molecule is CC(=O)/C(C)=C/[C@@H]1C(C)=CCCC1(C)C. The van der Waals surface area contributed by atoms with Crippen LogP contribution in [0.2, 0.25) is 0 Å². The summed E-state index contributed by atoms with van der Waals surface area (Å²) in [4.78, 5) is 11.2. The van der Waals surface area contributed by atoms with Gasteiger partial charge in [-0.05, 0) is 44.6 Å². The van der Waals surface area contributed by atoms with Crippen molar-refractivity contribution in [3.8, 4) is 0 Å². The van der Waals surface area contributed by atoms with E-state index in [1.54, 1.807) is 6.92 Å². The molecule has 0 aliphatic heterocycles. The first-order chi connectivity index (χ1) is 6.84. The zero-order chi connectivity index (χ0) is 11.6. The monoisotopic (exact) mass is 206 g/mol. The normalized spacial score (nSPS) is 26.1. The van der Waals surface area contributed by atoms with Gasteiger partial charge in [0.25, 0.3) is 0 Å². The fourth-order valence-corrected chi connectivity index (χ4v) is 2.30. The Balaban J connectivity index is 3.00. The van der Waals surface area contributed by atoms with Gasteiger partial charge in [-0.15, -0.1) is 0 Å². The van der Waals surface area contributed by atoms with E-state index in [-0.39, 0.29) is 11.2 Å². The summed E-state index contributed by atoms with van der Waals surface area (Å²) in [6, 6.07) is 0. The van der Waals surface area contributed by atoms with Crippen molar-refractivity contribution in [2.75, 3.05) is 0 Å². The Morgan fingerprint density at radius 3 is 2.53 bits per heavy atom. The third-order valence-electron chi connectivity index (χ3n) is 3.56. The standard InChI is InChI=1S/C14H22O/c1-10-7-6-8-14(4,5)13(10)9-11(2)12(3)15/h7,9,13H,6,8H2,1-5H3/b11-9+/t13-/m1/s1. The van der Waals surface area contributed by atoms with Gasteiger partial charge in [0.1, 0.15) is 0 Å². The number of ketones is 1. The molecule has 0 heterocycles. The summed E-state index contributed by atoms with van der Waals surface area (Å²) in [5, 5.41) is 0. The Bertz CT molecular complexity index is 318. The molecule has 0 aromatic carbocycles. The average Bonchev–Trinajstić information content (AvgIpc) is 2.10. The summed E-state index contributed by atoms with van der Waals surface area (Å²) in [5.74, 6) is 0.610. The maximum absolute atomic E-state index is 11.2. The van der Waals surface area contributed by atoms with E-state index in [0.29, 0.717) is 5.92 Å². The van der Waals surface area contributed by atoms with Crippen LogP contribution in [0, 0.1) is 11.3 Å². The first-order valence-electron chi connectivity index (χ1n) is 5.70. The fourth-order valence-electron chi connectivity index (χ4n) is 2.30. The van der Waals surface area contributed by atoms with E-state index in [9.17, 15) is 4.79 Å². The van der Waals surface area contributed by atoms with E-state index in [0.717, 1.165) is 5.57 Å². The highest BCUT2D eigenvalue weighted by Crippen LogP contribution is 2.42. The van der Waals surface area contributed by atoms with E-state index in [2.05, 4.69) is 32.9 Å². The summed E-state index contributed by atoms with van der Waals surface area (Å²) < 4.78 is 0. The molecule has 1 atom stereocenters. The molecule has 0 bridgehead atoms. The van der Waals surface area contributed by atoms with Crippen LogP contribution >= 0.6 is 0 Å². The van der Waals surface area contributed by atoms with Crippen molar-refractivity contribution < 1.29 is 4.79 Å². The number of rotatable bonds is 2. The molecule has 1 nitrogen and oxygen atoms in total. The average molecular weight is 206 g/mol. The van der Waals surface area contributed by atoms with Crippen molar-refractivity contribution >= 4 is 5.78 Å². The van der Waals surface area contributed by atoms with Crippen LogP contribution in [0.5, 0.6) is 0 Å². The zero-order valence-electron chi connectivity index (χ0n) is 10.6. The molecule has 84 valence electrons. The van der Waals surface area contributed by atoms with Gasteiger partial charge < -0.3 is 0 Å². The van der Waals surface area contributed by atoms with E-state index >= 15 is 0 Å². The van der Waals surface area contributed by atoms with Crippen LogP contribution in [0.4, 0.5) is 0 Å². The van der Waals surface area contributed by atoms with Crippen molar-refractivity contribution in [3.63, 3.8) is 0 Å². The predicted octanol–water partition coefficient (Wildman–Crippen LogP) is 3.90. The Morgan fingerprint density at radius 2 is 2.07 bits per heavy atom. The molecular formula is C14H22O. The second kappa shape index (κ2) is 4.34. The van der Waals surface area contributed by atoms with Crippen LogP contribution in [0.3, 0.4) is 0 Å². The summed E-state index contributed by atoms with van der Waals surface area (Å²) >= 11 is 0. The fraction of sp³-hybridized carbons (Fsp3) is 0.643. The highest BCUT2D eigenvalue weighted by molar-refractivity contribution is 5.92. The van der Waals surface area contributed by atoms with Gasteiger partial charge in [0.05, 0.1) is 0 Å². The van der Waals surface area contributed by atoms with Gasteiger partial charge >= 0.3 is 0 Å². The molecule has 0 aromatic heterocycles. The van der Waals surface area contributed by atoms with Gasteiger partial charge in [0.15, 0.2) is 5.78 Å². The number of Topliss-reactive ketones (excluding diaryl/α,β-unsaturated/α-hetero) is 1. The lowest BCUT2D eigenvalue weighted by Crippen LogP contribution is -2.26. The molecule has 0 radical (unpaired) electrons. The minimum Gasteiger partial charge on any atom is -0.295 e. The van der Waals surface area contributed by atoms with E-state index < -0.39 is 0 Å². The summed E-state index contributed by atoms with van der Waals surface area (Å²) in [6.07, 6.45) is 6.83. The molecule has 0 aromatic rings. The lowest BCUT2D eigenvalue weighted by molar-refractivity contribution is -0.113. The number of hydrogen-bond donors (Lipinski definition) is 0. The van der Waals surface area contributed by atoms with Crippen LogP contribution in [-0.2, 0) is 4.79 Å². The van der Waals surface area contributed by atoms with E-state index in [4.69, 9.17) is 0 Å².